The van der Waals surface area contributed by atoms with Crippen LogP contribution >= 0.6 is 12.2 Å². The monoisotopic (exact) mass is 331 g/mol. The predicted octanol–water partition coefficient (Wildman–Crippen LogP) is 1.65. The van der Waals surface area contributed by atoms with Crippen LogP contribution in [-0.2, 0) is 14.6 Å². The van der Waals surface area contributed by atoms with Crippen LogP contribution in [0.2, 0.25) is 0 Å². The molecule has 2 N–H and O–H groups in total. The second-order valence-electron chi connectivity index (χ2n) is 5.24. The van der Waals surface area contributed by atoms with Crippen molar-refractivity contribution in [3.63, 3.8) is 0 Å². The third-order valence-electron chi connectivity index (χ3n) is 4.12. The Kier molecular flexibility index (Phi) is 4.37. The second-order valence-corrected chi connectivity index (χ2v) is 8.09. The van der Waals surface area contributed by atoms with Gasteiger partial charge < -0.3 is 10.5 Å². The van der Waals surface area contributed by atoms with Gasteiger partial charge in [0.05, 0.1) is 22.3 Å². The van der Waals surface area contributed by atoms with E-state index in [-0.39, 0.29) is 29.1 Å². The fourth-order valence-corrected chi connectivity index (χ4v) is 5.49. The fraction of sp³-hybridized carbons (Fsp3) is 0.500. The van der Waals surface area contributed by atoms with Crippen LogP contribution in [0.1, 0.15) is 18.4 Å². The molecule has 0 bridgehead atoms. The maximum Gasteiger partial charge on any atom is 0.154 e. The number of methoxy groups -OCH3 is 1. The first-order valence-corrected chi connectivity index (χ1v) is 8.69. The Morgan fingerprint density at radius 1 is 1.43 bits per heavy atom. The van der Waals surface area contributed by atoms with Crippen molar-refractivity contribution in [3.8, 4) is 0 Å². The molecular weight excluding hydrogens is 313 g/mol. The molecule has 2 rings (SSSR count). The zero-order chi connectivity index (χ0) is 15.8. The number of sulfone groups is 1. The number of thiocarbonyl (C=S) groups is 1. The van der Waals surface area contributed by atoms with Gasteiger partial charge in [0.1, 0.15) is 5.82 Å². The summed E-state index contributed by atoms with van der Waals surface area (Å²) in [6, 6.07) is 5.77. The normalized spacial score (nSPS) is 28.3. The molecule has 0 radical (unpaired) electrons. The van der Waals surface area contributed by atoms with E-state index in [0.29, 0.717) is 5.56 Å². The molecule has 7 heteroatoms. The SMILES string of the molecule is CCS(=O)(=O)[C@H]1[C@@H](c2ccc(F)cc2)[C@@]1(COC)C(N)=S. The molecule has 0 spiro atoms. The quantitative estimate of drug-likeness (QED) is 0.803. The molecule has 0 amide bonds. The summed E-state index contributed by atoms with van der Waals surface area (Å²) in [6.07, 6.45) is 0. The maximum absolute atomic E-state index is 13.1. The molecule has 1 aromatic rings. The van der Waals surface area contributed by atoms with Gasteiger partial charge in [-0.2, -0.15) is 0 Å². The topological polar surface area (TPSA) is 69.4 Å². The van der Waals surface area contributed by atoms with Gasteiger partial charge in [-0.25, -0.2) is 12.8 Å². The van der Waals surface area contributed by atoms with Crippen molar-refractivity contribution in [3.05, 3.63) is 35.6 Å². The summed E-state index contributed by atoms with van der Waals surface area (Å²) in [5.41, 5.74) is 5.64. The molecule has 1 fully saturated rings. The molecule has 21 heavy (non-hydrogen) atoms. The first-order valence-electron chi connectivity index (χ1n) is 6.57. The Hall–Kier alpha value is -1.05. The lowest BCUT2D eigenvalue weighted by atomic mass is 10.00. The summed E-state index contributed by atoms with van der Waals surface area (Å²) in [4.78, 5) is 0.126. The van der Waals surface area contributed by atoms with E-state index in [1.165, 1.54) is 19.2 Å². The van der Waals surface area contributed by atoms with Crippen molar-refractivity contribution in [1.82, 2.24) is 0 Å². The van der Waals surface area contributed by atoms with Crippen LogP contribution in [0, 0.1) is 11.2 Å². The molecule has 0 aromatic heterocycles. The average Bonchev–Trinajstić information content (AvgIpc) is 3.11. The van der Waals surface area contributed by atoms with Gasteiger partial charge in [-0.15, -0.1) is 0 Å². The standard InChI is InChI=1S/C14H18FNO3S2/c1-3-21(17,18)12-11(9-4-6-10(15)7-5-9)14(12,8-19-2)13(16)20/h4-7,11-12H,3,8H2,1-2H3,(H2,16,20)/t11-,12+,14-/m1/s1. The van der Waals surface area contributed by atoms with Crippen molar-refractivity contribution in [2.24, 2.45) is 11.1 Å². The average molecular weight is 331 g/mol. The highest BCUT2D eigenvalue weighted by Crippen LogP contribution is 2.63. The van der Waals surface area contributed by atoms with E-state index in [2.05, 4.69) is 0 Å². The molecule has 1 aliphatic rings. The van der Waals surface area contributed by atoms with Crippen LogP contribution in [0.3, 0.4) is 0 Å². The number of nitrogens with two attached hydrogens (primary N) is 1. The molecule has 4 nitrogen and oxygen atoms in total. The van der Waals surface area contributed by atoms with E-state index in [4.69, 9.17) is 22.7 Å². The highest BCUT2D eigenvalue weighted by molar-refractivity contribution is 7.92. The van der Waals surface area contributed by atoms with Gasteiger partial charge in [-0.05, 0) is 17.7 Å². The first kappa shape index (κ1) is 16.3. The summed E-state index contributed by atoms with van der Waals surface area (Å²) in [5.74, 6) is -0.758. The van der Waals surface area contributed by atoms with E-state index in [1.807, 2.05) is 0 Å². The summed E-state index contributed by atoms with van der Waals surface area (Å²) >= 11 is 5.12. The molecular formula is C14H18FNO3S2. The van der Waals surface area contributed by atoms with Crippen LogP contribution in [0.4, 0.5) is 4.39 Å². The highest BCUT2D eigenvalue weighted by atomic mass is 32.2. The molecule has 116 valence electrons. The highest BCUT2D eigenvalue weighted by Gasteiger charge is 2.72. The summed E-state index contributed by atoms with van der Waals surface area (Å²) in [5, 5.41) is -0.710. The van der Waals surface area contributed by atoms with Gasteiger partial charge in [-0.3, -0.25) is 0 Å². The van der Waals surface area contributed by atoms with Crippen molar-refractivity contribution >= 4 is 27.0 Å². The second kappa shape index (κ2) is 5.62. The van der Waals surface area contributed by atoms with Crippen molar-refractivity contribution in [1.29, 1.82) is 0 Å². The number of ether oxygens (including phenoxy) is 1. The minimum atomic E-state index is -3.35. The van der Waals surface area contributed by atoms with Gasteiger partial charge >= 0.3 is 0 Å². The zero-order valence-electron chi connectivity index (χ0n) is 11.9. The van der Waals surface area contributed by atoms with E-state index >= 15 is 0 Å². The Labute approximate surface area is 129 Å². The van der Waals surface area contributed by atoms with Crippen molar-refractivity contribution < 1.29 is 17.5 Å². The Morgan fingerprint density at radius 2 is 2.00 bits per heavy atom. The Bertz CT molecular complexity index is 645. The van der Waals surface area contributed by atoms with E-state index in [9.17, 15) is 12.8 Å². The third kappa shape index (κ3) is 2.58. The molecule has 0 saturated heterocycles. The van der Waals surface area contributed by atoms with Gasteiger partial charge in [0.15, 0.2) is 9.84 Å². The lowest BCUT2D eigenvalue weighted by molar-refractivity contribution is 0.166. The minimum absolute atomic E-state index is 0.00341. The van der Waals surface area contributed by atoms with Gasteiger partial charge in [0, 0.05) is 18.8 Å². The van der Waals surface area contributed by atoms with Crippen LogP contribution < -0.4 is 5.73 Å². The van der Waals surface area contributed by atoms with E-state index in [1.54, 1.807) is 19.1 Å². The molecule has 0 heterocycles. The molecule has 3 atom stereocenters. The smallest absolute Gasteiger partial charge is 0.154 e. The van der Waals surface area contributed by atoms with Crippen LogP contribution in [0.25, 0.3) is 0 Å². The number of benzene rings is 1. The molecule has 1 aromatic carbocycles. The number of halogens is 1. The van der Waals surface area contributed by atoms with Crippen molar-refractivity contribution in [2.75, 3.05) is 19.5 Å². The molecule has 1 aliphatic carbocycles. The summed E-state index contributed by atoms with van der Waals surface area (Å²) in [6.45, 7) is 1.72. The van der Waals surface area contributed by atoms with Crippen LogP contribution in [0.5, 0.6) is 0 Å². The number of hydrogen-bond acceptors (Lipinski definition) is 4. The maximum atomic E-state index is 13.1. The minimum Gasteiger partial charge on any atom is -0.393 e. The van der Waals surface area contributed by atoms with Gasteiger partial charge in [-0.1, -0.05) is 31.3 Å². The molecule has 0 unspecified atom stereocenters. The van der Waals surface area contributed by atoms with Crippen molar-refractivity contribution in [2.45, 2.75) is 18.1 Å². The van der Waals surface area contributed by atoms with Crippen LogP contribution in [-0.4, -0.2) is 38.1 Å². The number of rotatable bonds is 6. The predicted molar refractivity (Wildman–Crippen MR) is 83.5 cm³/mol. The third-order valence-corrected chi connectivity index (χ3v) is 6.77. The van der Waals surface area contributed by atoms with E-state index in [0.717, 1.165) is 0 Å². The lowest BCUT2D eigenvalue weighted by Gasteiger charge is -2.15. The Balaban J connectivity index is 2.51. The van der Waals surface area contributed by atoms with Gasteiger partial charge in [0.25, 0.3) is 0 Å². The first-order chi connectivity index (χ1) is 9.81. The fourth-order valence-electron chi connectivity index (χ4n) is 3.03. The number of hydrogen-bond donors (Lipinski definition) is 1. The zero-order valence-corrected chi connectivity index (χ0v) is 13.5. The summed E-state index contributed by atoms with van der Waals surface area (Å²) < 4.78 is 43.0. The van der Waals surface area contributed by atoms with E-state index < -0.39 is 20.5 Å². The van der Waals surface area contributed by atoms with Gasteiger partial charge in [0.2, 0.25) is 0 Å². The lowest BCUT2D eigenvalue weighted by Crippen LogP contribution is -2.33. The summed E-state index contributed by atoms with van der Waals surface area (Å²) in [7, 11) is -1.87. The largest absolute Gasteiger partial charge is 0.393 e. The Morgan fingerprint density at radius 3 is 2.43 bits per heavy atom. The molecule has 0 aliphatic heterocycles. The van der Waals surface area contributed by atoms with Crippen LogP contribution in [0.15, 0.2) is 24.3 Å². The molecule has 1 saturated carbocycles.